The number of aromatic nitrogens is 2. The first-order valence-corrected chi connectivity index (χ1v) is 28.0. The van der Waals surface area contributed by atoms with Crippen LogP contribution in [0.3, 0.4) is 0 Å². The number of pyridine rings is 1. The third kappa shape index (κ3) is 8.87. The summed E-state index contributed by atoms with van der Waals surface area (Å²) in [5, 5.41) is 3.80. The summed E-state index contributed by atoms with van der Waals surface area (Å²) in [5.41, 5.74) is 15.3. The lowest BCUT2D eigenvalue weighted by Gasteiger charge is -2.29. The molecule has 3 heterocycles. The van der Waals surface area contributed by atoms with Gasteiger partial charge in [0.25, 0.3) is 0 Å². The molecule has 7 aromatic carbocycles. The van der Waals surface area contributed by atoms with E-state index in [9.17, 15) is 0 Å². The van der Waals surface area contributed by atoms with Crippen LogP contribution in [0.15, 0.2) is 170 Å². The lowest BCUT2D eigenvalue weighted by molar-refractivity contribution is 0.483. The molecule has 0 N–H and O–H groups in total. The summed E-state index contributed by atoms with van der Waals surface area (Å²) in [6, 6.07) is 60.2. The summed E-state index contributed by atoms with van der Waals surface area (Å²) in [6.45, 7) is 28.6. The van der Waals surface area contributed by atoms with Crippen molar-refractivity contribution in [2.45, 2.75) is 98.2 Å². The van der Waals surface area contributed by atoms with Gasteiger partial charge in [-0.2, -0.15) is 0 Å². The molecule has 348 valence electrons. The maximum atomic E-state index is 7.14. The van der Waals surface area contributed by atoms with E-state index in [-0.39, 0.29) is 16.2 Å². The Bertz CT molecular complexity index is 3360. The minimum atomic E-state index is -1.64. The van der Waals surface area contributed by atoms with E-state index in [0.717, 1.165) is 45.3 Å². The molecule has 1 aliphatic rings. The lowest BCUT2D eigenvalue weighted by atomic mass is 9.80. The molecule has 10 rings (SSSR count). The number of ether oxygens (including phenoxy) is 1. The molecule has 0 saturated heterocycles. The number of anilines is 4. The Morgan fingerprint density at radius 3 is 1.86 bits per heavy atom. The van der Waals surface area contributed by atoms with Crippen LogP contribution >= 0.6 is 0 Å². The van der Waals surface area contributed by atoms with Crippen molar-refractivity contribution in [1.29, 1.82) is 0 Å². The van der Waals surface area contributed by atoms with Crippen molar-refractivity contribution in [3.8, 4) is 39.6 Å². The van der Waals surface area contributed by atoms with E-state index >= 15 is 0 Å². The SMILES string of the molecule is CC(C)(C)c1cc(N2CN(c3cccc(Oc4cc(-c5cccc([Si](C)(C)C)c5)c5c6ccccc6n(-c6cc(C(C)(C)C)ccn6)c5c4)c3)c3cc(-c4ccccc4)ccc32)cc(C(C)(C)C)c1. The van der Waals surface area contributed by atoms with Crippen LogP contribution in [0.2, 0.25) is 19.6 Å². The van der Waals surface area contributed by atoms with Crippen molar-refractivity contribution in [2.24, 2.45) is 0 Å². The van der Waals surface area contributed by atoms with Gasteiger partial charge in [-0.3, -0.25) is 4.57 Å². The molecule has 1 aliphatic heterocycles. The highest BCUT2D eigenvalue weighted by molar-refractivity contribution is 6.88. The number of hydrogen-bond acceptors (Lipinski definition) is 4. The van der Waals surface area contributed by atoms with Crippen molar-refractivity contribution in [3.63, 3.8) is 0 Å². The number of nitrogens with zero attached hydrogens (tertiary/aromatic N) is 4. The third-order valence-corrected chi connectivity index (χ3v) is 15.9. The molecule has 6 heteroatoms. The Balaban J connectivity index is 1.12. The quantitative estimate of drug-likeness (QED) is 0.142. The van der Waals surface area contributed by atoms with Gasteiger partial charge >= 0.3 is 0 Å². The van der Waals surface area contributed by atoms with Crippen LogP contribution in [0.1, 0.15) is 79.0 Å². The van der Waals surface area contributed by atoms with Gasteiger partial charge < -0.3 is 14.5 Å². The van der Waals surface area contributed by atoms with Gasteiger partial charge in [-0.05, 0) is 116 Å². The highest BCUT2D eigenvalue weighted by Crippen LogP contribution is 2.49. The molecule has 9 aromatic rings. The molecule has 2 aromatic heterocycles. The van der Waals surface area contributed by atoms with E-state index in [1.165, 1.54) is 60.7 Å². The van der Waals surface area contributed by atoms with Crippen molar-refractivity contribution in [2.75, 3.05) is 16.5 Å². The fourth-order valence-corrected chi connectivity index (χ4v) is 10.9. The van der Waals surface area contributed by atoms with Crippen LogP contribution in [0.5, 0.6) is 11.5 Å². The summed E-state index contributed by atoms with van der Waals surface area (Å²) >= 11 is 0. The number of rotatable bonds is 8. The Kier molecular flexibility index (Phi) is 11.3. The molecule has 5 nitrogen and oxygen atoms in total. The largest absolute Gasteiger partial charge is 0.457 e. The molecule has 0 unspecified atom stereocenters. The molecule has 0 saturated carbocycles. The molecule has 0 bridgehead atoms. The minimum absolute atomic E-state index is 0.0115. The molecule has 0 fully saturated rings. The summed E-state index contributed by atoms with van der Waals surface area (Å²) in [4.78, 5) is 9.96. The van der Waals surface area contributed by atoms with Crippen molar-refractivity contribution < 1.29 is 4.74 Å². The molecule has 0 radical (unpaired) electrons. The Hall–Kier alpha value is -6.89. The molecule has 69 heavy (non-hydrogen) atoms. The second-order valence-electron chi connectivity index (χ2n) is 23.1. The normalized spacial score (nSPS) is 13.4. The lowest BCUT2D eigenvalue weighted by Crippen LogP contribution is -2.37. The predicted octanol–water partition coefficient (Wildman–Crippen LogP) is 17.0. The summed E-state index contributed by atoms with van der Waals surface area (Å²) in [6.07, 6.45) is 1.95. The average Bonchev–Trinajstić information content (AvgIpc) is 3.86. The first-order valence-electron chi connectivity index (χ1n) is 24.5. The van der Waals surface area contributed by atoms with E-state index in [2.05, 4.69) is 260 Å². The van der Waals surface area contributed by atoms with Gasteiger partial charge in [0, 0.05) is 40.5 Å². The topological polar surface area (TPSA) is 33.5 Å². The van der Waals surface area contributed by atoms with Crippen molar-refractivity contribution >= 4 is 57.8 Å². The highest BCUT2D eigenvalue weighted by atomic mass is 28.3. The van der Waals surface area contributed by atoms with E-state index in [1.807, 2.05) is 6.20 Å². The standard InChI is InChI=1S/C63H66N4OSi/c1-61(2,3)45-30-31-64-59(37-45)67-55-27-17-16-26-53(55)60-54(44-22-18-25-52(32-44)69(10,11)12)39-51(40-58(60)67)68-50-24-19-23-48(38-50)65-41-66(49-35-46(62(4,5)6)34-47(36-49)63(7,8)9)56-29-28-43(33-57(56)65)42-20-14-13-15-21-42/h13-40H,41H2,1-12H3. The van der Waals surface area contributed by atoms with Crippen molar-refractivity contribution in [1.82, 2.24) is 9.55 Å². The Morgan fingerprint density at radius 2 is 1.14 bits per heavy atom. The maximum absolute atomic E-state index is 7.14. The molecule has 0 amide bonds. The zero-order valence-electron chi connectivity index (χ0n) is 42.6. The van der Waals surface area contributed by atoms with E-state index in [4.69, 9.17) is 9.72 Å². The molecular weight excluding hydrogens is 857 g/mol. The van der Waals surface area contributed by atoms with Crippen LogP contribution in [0.25, 0.3) is 49.9 Å². The van der Waals surface area contributed by atoms with Gasteiger partial charge in [-0.1, -0.05) is 178 Å². The number of para-hydroxylation sites is 1. The van der Waals surface area contributed by atoms with Gasteiger partial charge in [0.2, 0.25) is 0 Å². The van der Waals surface area contributed by atoms with Crippen LogP contribution < -0.4 is 19.7 Å². The smallest absolute Gasteiger partial charge is 0.137 e. The van der Waals surface area contributed by atoms with Gasteiger partial charge in [0.1, 0.15) is 24.0 Å². The van der Waals surface area contributed by atoms with Crippen LogP contribution in [-0.4, -0.2) is 24.3 Å². The average molecular weight is 923 g/mol. The number of fused-ring (bicyclic) bond motifs is 4. The van der Waals surface area contributed by atoms with Crippen molar-refractivity contribution in [3.05, 3.63) is 187 Å². The maximum Gasteiger partial charge on any atom is 0.137 e. The van der Waals surface area contributed by atoms with Gasteiger partial charge in [-0.15, -0.1) is 0 Å². The van der Waals surface area contributed by atoms with E-state index < -0.39 is 8.07 Å². The first-order chi connectivity index (χ1) is 32.7. The second kappa shape index (κ2) is 17.0. The zero-order chi connectivity index (χ0) is 48.6. The second-order valence-corrected chi connectivity index (χ2v) is 28.2. The summed E-state index contributed by atoms with van der Waals surface area (Å²) in [5.74, 6) is 2.44. The predicted molar refractivity (Wildman–Crippen MR) is 297 cm³/mol. The monoisotopic (exact) mass is 923 g/mol. The molecule has 0 atom stereocenters. The fraction of sp³-hybridized carbons (Fsp3) is 0.254. The number of hydrogen-bond donors (Lipinski definition) is 0. The van der Waals surface area contributed by atoms with Crippen LogP contribution in [0, 0.1) is 0 Å². The molecule has 0 spiro atoms. The van der Waals surface area contributed by atoms with Crippen LogP contribution in [0.4, 0.5) is 22.7 Å². The van der Waals surface area contributed by atoms with E-state index in [0.29, 0.717) is 6.67 Å². The molecule has 0 aliphatic carbocycles. The molecular formula is C63H66N4OSi. The zero-order valence-corrected chi connectivity index (χ0v) is 43.6. The van der Waals surface area contributed by atoms with Crippen LogP contribution in [-0.2, 0) is 16.2 Å². The summed E-state index contributed by atoms with van der Waals surface area (Å²) < 4.78 is 9.47. The minimum Gasteiger partial charge on any atom is -0.457 e. The van der Waals surface area contributed by atoms with Gasteiger partial charge in [0.15, 0.2) is 0 Å². The Morgan fingerprint density at radius 1 is 0.478 bits per heavy atom. The highest BCUT2D eigenvalue weighted by Gasteiger charge is 2.32. The van der Waals surface area contributed by atoms with E-state index in [1.54, 1.807) is 0 Å². The third-order valence-electron chi connectivity index (χ3n) is 13.9. The fourth-order valence-electron chi connectivity index (χ4n) is 9.76. The number of benzene rings is 7. The first kappa shape index (κ1) is 45.9. The van der Waals surface area contributed by atoms with Gasteiger partial charge in [-0.25, -0.2) is 4.98 Å². The Labute approximate surface area is 411 Å². The van der Waals surface area contributed by atoms with Gasteiger partial charge in [0.05, 0.1) is 30.5 Å². The summed E-state index contributed by atoms with van der Waals surface area (Å²) in [7, 11) is -1.64.